The van der Waals surface area contributed by atoms with Crippen LogP contribution < -0.4 is 10.1 Å². The molecule has 0 aliphatic rings. The van der Waals surface area contributed by atoms with Gasteiger partial charge in [-0.3, -0.25) is 4.98 Å². The summed E-state index contributed by atoms with van der Waals surface area (Å²) in [5.41, 5.74) is 1.52. The lowest BCUT2D eigenvalue weighted by Gasteiger charge is -2.30. The Bertz CT molecular complexity index is 371. The van der Waals surface area contributed by atoms with E-state index in [0.717, 1.165) is 31.6 Å². The van der Waals surface area contributed by atoms with Crippen molar-refractivity contribution in [2.75, 3.05) is 13.7 Å². The van der Waals surface area contributed by atoms with E-state index in [9.17, 15) is 0 Å². The highest BCUT2D eigenvalue weighted by Gasteiger charge is 2.22. The molecule has 0 aliphatic carbocycles. The Kier molecular flexibility index (Phi) is 6.29. The number of pyridine rings is 1. The van der Waals surface area contributed by atoms with Crippen LogP contribution in [-0.4, -0.2) is 24.7 Å². The van der Waals surface area contributed by atoms with Gasteiger partial charge in [0.05, 0.1) is 12.8 Å². The van der Waals surface area contributed by atoms with Crippen LogP contribution in [0.1, 0.15) is 46.1 Å². The lowest BCUT2D eigenvalue weighted by atomic mass is 9.83. The third-order valence-electron chi connectivity index (χ3n) is 3.36. The molecule has 0 saturated carbocycles. The zero-order valence-corrected chi connectivity index (χ0v) is 13.0. The number of nitrogens with zero attached hydrogens (tertiary/aromatic N) is 1. The molecule has 3 heteroatoms. The van der Waals surface area contributed by atoms with Crippen molar-refractivity contribution >= 4 is 0 Å². The number of ether oxygens (including phenoxy) is 1. The van der Waals surface area contributed by atoms with E-state index < -0.39 is 0 Å². The fourth-order valence-corrected chi connectivity index (χ4v) is 2.22. The Morgan fingerprint density at radius 2 is 2.05 bits per heavy atom. The van der Waals surface area contributed by atoms with E-state index in [1.165, 1.54) is 5.56 Å². The summed E-state index contributed by atoms with van der Waals surface area (Å²) in [5.74, 6) is 0.885. The molecule has 3 nitrogen and oxygen atoms in total. The van der Waals surface area contributed by atoms with Gasteiger partial charge in [0.15, 0.2) is 0 Å². The summed E-state index contributed by atoms with van der Waals surface area (Å²) in [6, 6.07) is 2.62. The van der Waals surface area contributed by atoms with Crippen LogP contribution in [0.4, 0.5) is 0 Å². The monoisotopic (exact) mass is 264 g/mol. The van der Waals surface area contributed by atoms with Crippen LogP contribution in [0.25, 0.3) is 0 Å². The Morgan fingerprint density at radius 3 is 2.63 bits per heavy atom. The molecule has 1 rings (SSSR count). The van der Waals surface area contributed by atoms with Gasteiger partial charge in [0, 0.05) is 12.2 Å². The van der Waals surface area contributed by atoms with E-state index in [-0.39, 0.29) is 5.41 Å². The normalized spacial score (nSPS) is 13.3. The minimum atomic E-state index is 0.276. The molecule has 0 amide bonds. The second-order valence-electron chi connectivity index (χ2n) is 6.12. The van der Waals surface area contributed by atoms with Crippen molar-refractivity contribution in [3.63, 3.8) is 0 Å². The Labute approximate surface area is 117 Å². The first kappa shape index (κ1) is 16.0. The molecule has 1 aromatic heterocycles. The van der Waals surface area contributed by atoms with Gasteiger partial charge in [0.25, 0.3) is 0 Å². The summed E-state index contributed by atoms with van der Waals surface area (Å²) in [7, 11) is 2.04. The van der Waals surface area contributed by atoms with Crippen molar-refractivity contribution in [1.82, 2.24) is 10.3 Å². The Morgan fingerprint density at radius 1 is 1.32 bits per heavy atom. The van der Waals surface area contributed by atoms with Crippen LogP contribution in [0.2, 0.25) is 0 Å². The number of aromatic nitrogens is 1. The Hall–Kier alpha value is -1.09. The SMILES string of the molecule is CCCOc1cncc(CCC(NC)C(C)(C)C)c1. The van der Waals surface area contributed by atoms with Crippen molar-refractivity contribution in [2.24, 2.45) is 5.41 Å². The summed E-state index contributed by atoms with van der Waals surface area (Å²) in [6.45, 7) is 9.68. The van der Waals surface area contributed by atoms with Gasteiger partial charge in [-0.15, -0.1) is 0 Å². The van der Waals surface area contributed by atoms with E-state index >= 15 is 0 Å². The quantitative estimate of drug-likeness (QED) is 0.819. The first-order valence-electron chi connectivity index (χ1n) is 7.21. The molecule has 1 heterocycles. The molecule has 0 bridgehead atoms. The maximum Gasteiger partial charge on any atom is 0.137 e. The van der Waals surface area contributed by atoms with Crippen LogP contribution in [0.15, 0.2) is 18.5 Å². The van der Waals surface area contributed by atoms with E-state index in [2.05, 4.69) is 44.1 Å². The maximum absolute atomic E-state index is 5.62. The number of rotatable bonds is 7. The molecule has 0 fully saturated rings. The summed E-state index contributed by atoms with van der Waals surface area (Å²) in [5, 5.41) is 3.41. The smallest absolute Gasteiger partial charge is 0.137 e. The maximum atomic E-state index is 5.62. The molecular weight excluding hydrogens is 236 g/mol. The minimum Gasteiger partial charge on any atom is -0.492 e. The van der Waals surface area contributed by atoms with Gasteiger partial charge < -0.3 is 10.1 Å². The van der Waals surface area contributed by atoms with Gasteiger partial charge in [-0.25, -0.2) is 0 Å². The largest absolute Gasteiger partial charge is 0.492 e. The predicted octanol–water partition coefficient (Wildman–Crippen LogP) is 3.44. The lowest BCUT2D eigenvalue weighted by Crippen LogP contribution is -2.38. The second-order valence-corrected chi connectivity index (χ2v) is 6.12. The van der Waals surface area contributed by atoms with Gasteiger partial charge in [-0.1, -0.05) is 27.7 Å². The van der Waals surface area contributed by atoms with E-state index in [1.54, 1.807) is 6.20 Å². The molecule has 108 valence electrons. The zero-order chi connectivity index (χ0) is 14.3. The highest BCUT2D eigenvalue weighted by atomic mass is 16.5. The number of hydrogen-bond acceptors (Lipinski definition) is 3. The molecule has 0 spiro atoms. The average molecular weight is 264 g/mol. The van der Waals surface area contributed by atoms with E-state index in [1.807, 2.05) is 13.2 Å². The zero-order valence-electron chi connectivity index (χ0n) is 13.0. The molecule has 1 atom stereocenters. The second kappa shape index (κ2) is 7.49. The van der Waals surface area contributed by atoms with Crippen LogP contribution in [0.3, 0.4) is 0 Å². The predicted molar refractivity (Wildman–Crippen MR) is 80.6 cm³/mol. The highest BCUT2D eigenvalue weighted by molar-refractivity contribution is 5.23. The van der Waals surface area contributed by atoms with Gasteiger partial charge in [-0.05, 0) is 43.4 Å². The van der Waals surface area contributed by atoms with Crippen LogP contribution in [0, 0.1) is 5.41 Å². The highest BCUT2D eigenvalue weighted by Crippen LogP contribution is 2.23. The standard InChI is InChI=1S/C16H28N2O/c1-6-9-19-14-10-13(11-18-12-14)7-8-15(17-5)16(2,3)4/h10-12,15,17H,6-9H2,1-5H3. The minimum absolute atomic E-state index is 0.276. The van der Waals surface area contributed by atoms with Gasteiger partial charge in [0.1, 0.15) is 5.75 Å². The fraction of sp³-hybridized carbons (Fsp3) is 0.688. The number of hydrogen-bond donors (Lipinski definition) is 1. The molecular formula is C16H28N2O. The molecule has 0 aromatic carbocycles. The van der Waals surface area contributed by atoms with Crippen LogP contribution in [-0.2, 0) is 6.42 Å². The topological polar surface area (TPSA) is 34.1 Å². The van der Waals surface area contributed by atoms with Crippen molar-refractivity contribution in [2.45, 2.75) is 53.0 Å². The average Bonchev–Trinajstić information content (AvgIpc) is 2.36. The first-order chi connectivity index (χ1) is 8.97. The summed E-state index contributed by atoms with van der Waals surface area (Å²) >= 11 is 0. The Balaban J connectivity index is 2.57. The molecule has 1 unspecified atom stereocenters. The number of nitrogens with one attached hydrogen (secondary N) is 1. The third kappa shape index (κ3) is 5.60. The fourth-order valence-electron chi connectivity index (χ4n) is 2.22. The van der Waals surface area contributed by atoms with Crippen molar-refractivity contribution in [1.29, 1.82) is 0 Å². The number of aryl methyl sites for hydroxylation is 1. The summed E-state index contributed by atoms with van der Waals surface area (Å²) in [4.78, 5) is 4.26. The molecule has 0 radical (unpaired) electrons. The van der Waals surface area contributed by atoms with Gasteiger partial charge in [0.2, 0.25) is 0 Å². The molecule has 19 heavy (non-hydrogen) atoms. The third-order valence-corrected chi connectivity index (χ3v) is 3.36. The van der Waals surface area contributed by atoms with Crippen molar-refractivity contribution in [3.8, 4) is 5.75 Å². The van der Waals surface area contributed by atoms with Crippen LogP contribution >= 0.6 is 0 Å². The summed E-state index contributed by atoms with van der Waals surface area (Å²) in [6.07, 6.45) is 6.89. The molecule has 0 aliphatic heterocycles. The lowest BCUT2D eigenvalue weighted by molar-refractivity contribution is 0.267. The van der Waals surface area contributed by atoms with Gasteiger partial charge >= 0.3 is 0 Å². The molecule has 1 N–H and O–H groups in total. The van der Waals surface area contributed by atoms with Crippen molar-refractivity contribution in [3.05, 3.63) is 24.0 Å². The van der Waals surface area contributed by atoms with Crippen LogP contribution in [0.5, 0.6) is 5.75 Å². The first-order valence-corrected chi connectivity index (χ1v) is 7.21. The molecule has 0 saturated heterocycles. The molecule has 1 aromatic rings. The van der Waals surface area contributed by atoms with E-state index in [0.29, 0.717) is 6.04 Å². The summed E-state index contributed by atoms with van der Waals surface area (Å²) < 4.78 is 5.62. The van der Waals surface area contributed by atoms with Crippen molar-refractivity contribution < 1.29 is 4.74 Å². The van der Waals surface area contributed by atoms with E-state index in [4.69, 9.17) is 4.74 Å². The van der Waals surface area contributed by atoms with Gasteiger partial charge in [-0.2, -0.15) is 0 Å².